The number of hydrogen-bond donors (Lipinski definition) is 16. The Balaban J connectivity index is 1.55. The molecule has 544 valence electrons. The largest absolute Gasteiger partial charge is 0.469 e. The van der Waals surface area contributed by atoms with Crippen LogP contribution in [0.3, 0.4) is 0 Å². The summed E-state index contributed by atoms with van der Waals surface area (Å²) < 4.78 is 74.9. The van der Waals surface area contributed by atoms with E-state index in [0.29, 0.717) is 78.0 Å². The van der Waals surface area contributed by atoms with Crippen molar-refractivity contribution in [1.82, 2.24) is 26.6 Å². The third-order valence-corrected chi connectivity index (χ3v) is 16.8. The number of aliphatic hydroxyl groups excluding tert-OH is 9. The Morgan fingerprint density at radius 1 is 0.419 bits per heavy atom. The van der Waals surface area contributed by atoms with Crippen LogP contribution in [0.15, 0.2) is 0 Å². The zero-order valence-corrected chi connectivity index (χ0v) is 55.4. The van der Waals surface area contributed by atoms with Gasteiger partial charge in [-0.15, -0.1) is 0 Å². The van der Waals surface area contributed by atoms with E-state index in [1.165, 1.54) is 0 Å². The molecular weight excluding hydrogens is 1250 g/mol. The zero-order chi connectivity index (χ0) is 69.3. The number of ether oxygens (including phenoxy) is 9. The first-order chi connectivity index (χ1) is 45.0. The lowest BCUT2D eigenvalue weighted by Crippen LogP contribution is -2.58. The van der Waals surface area contributed by atoms with Crippen LogP contribution in [0.1, 0.15) is 143 Å². The topological polar surface area (TPSA) is 477 Å². The van der Waals surface area contributed by atoms with E-state index < -0.39 is 137 Å². The molecule has 3 aliphatic heterocycles. The summed E-state index contributed by atoms with van der Waals surface area (Å²) in [6.07, 6.45) is -3.73. The molecule has 93 heavy (non-hydrogen) atoms. The Bertz CT molecular complexity index is 1960. The molecule has 5 amide bonds. The molecule has 0 bridgehead atoms. The van der Waals surface area contributed by atoms with Gasteiger partial charge in [-0.1, -0.05) is 59.3 Å². The highest BCUT2D eigenvalue weighted by atomic mass is 31.2. The molecular formula is C60H112N5O27P. The Hall–Kier alpha value is -3.26. The van der Waals surface area contributed by atoms with Gasteiger partial charge in [0.25, 0.3) is 0 Å². The highest BCUT2D eigenvalue weighted by Crippen LogP contribution is 2.35. The van der Waals surface area contributed by atoms with E-state index in [-0.39, 0.29) is 115 Å². The van der Waals surface area contributed by atoms with Crippen LogP contribution >= 0.6 is 7.82 Å². The molecule has 0 aromatic carbocycles. The fraction of sp³-hybridized carbons (Fsp3) is 0.917. The average molecular weight is 1370 g/mol. The number of rotatable bonds is 53. The van der Waals surface area contributed by atoms with Crippen molar-refractivity contribution in [2.24, 2.45) is 17.8 Å². The molecule has 3 aliphatic rings. The van der Waals surface area contributed by atoms with E-state index >= 15 is 0 Å². The molecule has 0 aromatic rings. The molecule has 3 saturated heterocycles. The average Bonchev–Trinajstić information content (AvgIpc) is 0.901. The van der Waals surface area contributed by atoms with Gasteiger partial charge in [0.1, 0.15) is 42.2 Å². The molecule has 7 unspecified atom stereocenters. The van der Waals surface area contributed by atoms with Crippen molar-refractivity contribution >= 4 is 37.4 Å². The predicted octanol–water partition coefficient (Wildman–Crippen LogP) is -1.85. The maximum absolute atomic E-state index is 13.8. The molecule has 0 saturated carbocycles. The highest BCUT2D eigenvalue weighted by molar-refractivity contribution is 7.46. The van der Waals surface area contributed by atoms with E-state index in [1.54, 1.807) is 20.8 Å². The van der Waals surface area contributed by atoms with E-state index in [1.807, 2.05) is 0 Å². The van der Waals surface area contributed by atoms with Gasteiger partial charge in [-0.2, -0.15) is 0 Å². The first-order valence-corrected chi connectivity index (χ1v) is 34.5. The van der Waals surface area contributed by atoms with Crippen LogP contribution in [0.4, 0.5) is 0 Å². The van der Waals surface area contributed by atoms with Gasteiger partial charge in [0, 0.05) is 95.9 Å². The summed E-state index contributed by atoms with van der Waals surface area (Å²) in [6, 6.07) is 0. The second-order valence-corrected chi connectivity index (χ2v) is 25.4. The minimum atomic E-state index is -4.50. The van der Waals surface area contributed by atoms with Gasteiger partial charge in [-0.25, -0.2) is 4.57 Å². The summed E-state index contributed by atoms with van der Waals surface area (Å²) in [5.74, 6) is -3.33. The summed E-state index contributed by atoms with van der Waals surface area (Å²) in [5.41, 5.74) is -1.44. The molecule has 32 nitrogen and oxygen atoms in total. The van der Waals surface area contributed by atoms with E-state index in [2.05, 4.69) is 36.0 Å². The second kappa shape index (κ2) is 47.6. The van der Waals surface area contributed by atoms with Crippen molar-refractivity contribution < 1.29 is 131 Å². The van der Waals surface area contributed by atoms with Gasteiger partial charge in [0.15, 0.2) is 18.9 Å². The van der Waals surface area contributed by atoms with Crippen LogP contribution in [0, 0.1) is 17.8 Å². The highest BCUT2D eigenvalue weighted by Gasteiger charge is 2.45. The molecule has 3 heterocycles. The minimum Gasteiger partial charge on any atom is -0.394 e. The molecule has 0 aliphatic carbocycles. The van der Waals surface area contributed by atoms with Gasteiger partial charge < -0.3 is 125 Å². The van der Waals surface area contributed by atoms with Gasteiger partial charge in [0.2, 0.25) is 31.0 Å². The lowest BCUT2D eigenvalue weighted by atomic mass is 9.92. The van der Waals surface area contributed by atoms with Crippen molar-refractivity contribution in [3.8, 4) is 0 Å². The summed E-state index contributed by atoms with van der Waals surface area (Å²) in [5, 5.41) is 104. The Morgan fingerprint density at radius 3 is 1.06 bits per heavy atom. The van der Waals surface area contributed by atoms with Crippen LogP contribution in [0.25, 0.3) is 0 Å². The first kappa shape index (κ1) is 82.2. The van der Waals surface area contributed by atoms with Crippen molar-refractivity contribution in [2.75, 3.05) is 112 Å². The normalized spacial score (nSPS) is 27.9. The number of nitrogens with one attached hydrogen (secondary N) is 5. The fourth-order valence-corrected chi connectivity index (χ4v) is 10.7. The number of carbonyl (C=O) groups excluding carboxylic acids is 5. The summed E-state index contributed by atoms with van der Waals surface area (Å²) >= 11 is 0. The van der Waals surface area contributed by atoms with Gasteiger partial charge >= 0.3 is 7.82 Å². The Morgan fingerprint density at radius 2 is 0.731 bits per heavy atom. The number of hydrogen-bond acceptors (Lipinski definition) is 26. The smallest absolute Gasteiger partial charge is 0.394 e. The van der Waals surface area contributed by atoms with Gasteiger partial charge in [-0.05, 0) is 51.4 Å². The second-order valence-electron chi connectivity index (χ2n) is 24.2. The summed E-state index contributed by atoms with van der Waals surface area (Å²) in [4.78, 5) is 78.1. The van der Waals surface area contributed by atoms with Crippen molar-refractivity contribution in [3.05, 3.63) is 0 Å². The van der Waals surface area contributed by atoms with Crippen LogP contribution in [-0.2, 0) is 75.7 Å². The van der Waals surface area contributed by atoms with Crippen LogP contribution in [0.5, 0.6) is 0 Å². The number of phosphoric ester groups is 1. The van der Waals surface area contributed by atoms with Crippen molar-refractivity contribution in [1.29, 1.82) is 1.43 Å². The number of unbranched alkanes of at least 4 members (excludes halogenated alkanes) is 9. The van der Waals surface area contributed by atoms with E-state index in [9.17, 15) is 79.4 Å². The Kier molecular flexibility index (Phi) is 42.1. The quantitative estimate of drug-likeness (QED) is 0.0235. The van der Waals surface area contributed by atoms with Crippen molar-refractivity contribution in [2.45, 2.75) is 222 Å². The van der Waals surface area contributed by atoms with Crippen LogP contribution in [0.2, 0.25) is 0 Å². The third kappa shape index (κ3) is 34.2. The summed E-state index contributed by atoms with van der Waals surface area (Å²) in [7, 11) is -4.50. The number of phosphoric acid groups is 1. The summed E-state index contributed by atoms with van der Waals surface area (Å²) in [6.45, 7) is 4.60. The standard InChI is InChI=1S/C60H112N5O27P/c1-40-51(74)54(77)43(34-66)90-57(40)86-27-13-7-4-10-23-61-47(70)20-31-83-37-60(65-50(73)19-16-18-46(69)64-26-17-30-89-93(80,81)82,38-84-32-21-48(71)62-24-11-5-8-14-28-87-58-41(2)52(75)55(78)44(35-67)91-58)39-85-33-22-49(72)63-25-12-6-9-15-29-88-59-42(3)53(76)56(79)45(36-68)92-59/h40-45,51-59,66-68,74-79H,4-39H2,1-3H3,(H,61,70)(H,62,71)(H,63,72)(H,64,69)(H,65,73)(H2,80,81,82)/t40?,41?,42?,43?,44?,45?,51-,52-,53-,54+,55+,56+,57-,58-,59-,60?/m1/s1/i/hT. The van der Waals surface area contributed by atoms with Gasteiger partial charge in [0.05, 0.1) is 84.4 Å². The molecule has 16 N–H and O–H groups in total. The first-order valence-electron chi connectivity index (χ1n) is 33.4. The molecule has 33 heteroatoms. The number of amides is 5. The molecule has 3 rings (SSSR count). The maximum atomic E-state index is 13.8. The lowest BCUT2D eigenvalue weighted by molar-refractivity contribution is -0.282. The minimum absolute atomic E-state index is 0.0520. The SMILES string of the molecule is [3H]OP(=O)(O)OCCCNC(=O)CCCC(=O)NC(COCCC(=O)NCCCCCCO[C@@H]1OC(CO)[C@H](O)[C@H](O)C1C)(COCCC(=O)NCCCCCCO[C@@H]1OC(CO)[C@H](O)[C@H](O)C1C)COCCC(=O)NCCCCCCO[C@@H]1OC(CO)[C@H](O)[C@H](O)C1C. The van der Waals surface area contributed by atoms with Crippen LogP contribution in [-0.4, -0.2) is 278 Å². The fourth-order valence-electron chi connectivity index (χ4n) is 10.4. The molecule has 0 radical (unpaired) electrons. The Labute approximate surface area is 547 Å². The molecule has 0 aromatic heterocycles. The number of aliphatic hydroxyl groups is 9. The van der Waals surface area contributed by atoms with E-state index in [0.717, 1.165) is 38.5 Å². The van der Waals surface area contributed by atoms with E-state index in [4.69, 9.17) is 44.1 Å². The lowest BCUT2D eigenvalue weighted by Gasteiger charge is -2.40. The van der Waals surface area contributed by atoms with Crippen molar-refractivity contribution in [3.63, 3.8) is 0 Å². The zero-order valence-electron chi connectivity index (χ0n) is 55.5. The molecule has 16 atom stereocenters. The van der Waals surface area contributed by atoms with Crippen LogP contribution < -0.4 is 26.6 Å². The maximum Gasteiger partial charge on any atom is 0.469 e. The molecule has 3 fully saturated rings. The predicted molar refractivity (Wildman–Crippen MR) is 330 cm³/mol. The molecule has 0 spiro atoms. The monoisotopic (exact) mass is 1370 g/mol. The third-order valence-electron chi connectivity index (χ3n) is 16.3. The van der Waals surface area contributed by atoms with Gasteiger partial charge in [-0.3, -0.25) is 28.5 Å². The number of carbonyl (C=O) groups is 5.